The Morgan fingerprint density at radius 3 is 2.79 bits per heavy atom. The molecule has 0 saturated carbocycles. The fourth-order valence-corrected chi connectivity index (χ4v) is 3.40. The Hall–Kier alpha value is -1.99. The number of carboxylic acids is 1. The zero-order valence-electron chi connectivity index (χ0n) is 13.3. The van der Waals surface area contributed by atoms with E-state index in [9.17, 15) is 9.59 Å². The first-order valence-electron chi connectivity index (χ1n) is 7.36. The van der Waals surface area contributed by atoms with Gasteiger partial charge >= 0.3 is 5.97 Å². The monoisotopic (exact) mass is 368 g/mol. The van der Waals surface area contributed by atoms with Crippen molar-refractivity contribution in [1.82, 2.24) is 4.90 Å². The first-order chi connectivity index (χ1) is 11.5. The van der Waals surface area contributed by atoms with E-state index in [0.717, 1.165) is 5.56 Å². The van der Waals surface area contributed by atoms with Crippen LogP contribution in [0.2, 0.25) is 5.02 Å². The summed E-state index contributed by atoms with van der Waals surface area (Å²) in [5, 5.41) is 9.61. The Labute approximate surface area is 149 Å². The van der Waals surface area contributed by atoms with E-state index in [0.29, 0.717) is 23.2 Å². The molecule has 6 nitrogen and oxygen atoms in total. The summed E-state index contributed by atoms with van der Waals surface area (Å²) in [6, 6.07) is 4.93. The number of carbonyl (C=O) groups is 2. The molecule has 0 bridgehead atoms. The van der Waals surface area contributed by atoms with E-state index in [1.54, 1.807) is 29.2 Å². The largest absolute Gasteiger partial charge is 0.480 e. The van der Waals surface area contributed by atoms with Crippen molar-refractivity contribution in [1.29, 1.82) is 0 Å². The third kappa shape index (κ3) is 4.30. The van der Waals surface area contributed by atoms with E-state index >= 15 is 0 Å². The molecule has 1 N–H and O–H groups in total. The van der Waals surface area contributed by atoms with E-state index in [4.69, 9.17) is 21.4 Å². The van der Waals surface area contributed by atoms with E-state index in [2.05, 4.69) is 4.99 Å². The van der Waals surface area contributed by atoms with Crippen molar-refractivity contribution < 1.29 is 19.4 Å². The molecule has 1 amide bonds. The van der Waals surface area contributed by atoms with Gasteiger partial charge in [0.25, 0.3) is 5.91 Å². The highest BCUT2D eigenvalue weighted by atomic mass is 35.5. The van der Waals surface area contributed by atoms with Gasteiger partial charge in [0.15, 0.2) is 11.8 Å². The molecule has 1 aliphatic rings. The summed E-state index contributed by atoms with van der Waals surface area (Å²) < 4.78 is 5.08. The minimum absolute atomic E-state index is 0.0861. The van der Waals surface area contributed by atoms with Crippen LogP contribution in [-0.4, -0.2) is 46.7 Å². The minimum Gasteiger partial charge on any atom is -0.480 e. The summed E-state index contributed by atoms with van der Waals surface area (Å²) in [7, 11) is 0. The third-order valence-electron chi connectivity index (χ3n) is 3.10. The standard InChI is InChI=1S/C16H17ClN2O4S/c1-3-18-16-19(4-2)15(22)13(24-16)8-10-5-6-12(11(17)7-10)23-9-14(20)21/h5-8H,3-4,9H2,1-2H3,(H,20,21)/b13-8-,18-16?. The molecule has 1 aromatic rings. The number of nitrogens with zero attached hydrogens (tertiary/aromatic N) is 2. The van der Waals surface area contributed by atoms with Crippen LogP contribution < -0.4 is 4.74 Å². The predicted octanol–water partition coefficient (Wildman–Crippen LogP) is 3.12. The van der Waals surface area contributed by atoms with Crippen LogP contribution in [0.4, 0.5) is 0 Å². The molecule has 0 unspecified atom stereocenters. The number of thioether (sulfide) groups is 1. The summed E-state index contributed by atoms with van der Waals surface area (Å²) in [6.45, 7) is 4.53. The van der Waals surface area contributed by atoms with E-state index in [-0.39, 0.29) is 16.7 Å². The Kier molecular flexibility index (Phi) is 6.28. The average Bonchev–Trinajstić information content (AvgIpc) is 2.82. The van der Waals surface area contributed by atoms with Gasteiger partial charge in [-0.05, 0) is 49.4 Å². The smallest absolute Gasteiger partial charge is 0.341 e. The second-order valence-corrected chi connectivity index (χ2v) is 6.21. The second-order valence-electron chi connectivity index (χ2n) is 4.79. The maximum Gasteiger partial charge on any atom is 0.341 e. The minimum atomic E-state index is -1.08. The van der Waals surface area contributed by atoms with E-state index < -0.39 is 12.6 Å². The lowest BCUT2D eigenvalue weighted by Crippen LogP contribution is -2.28. The van der Waals surface area contributed by atoms with Crippen molar-refractivity contribution in [3.05, 3.63) is 33.7 Å². The molecule has 1 saturated heterocycles. The molecule has 0 aliphatic carbocycles. The van der Waals surface area contributed by atoms with Crippen molar-refractivity contribution in [2.24, 2.45) is 4.99 Å². The molecular weight excluding hydrogens is 352 g/mol. The molecule has 0 atom stereocenters. The number of amidine groups is 1. The van der Waals surface area contributed by atoms with Gasteiger partial charge in [0.1, 0.15) is 5.75 Å². The highest BCUT2D eigenvalue weighted by Crippen LogP contribution is 2.33. The maximum absolute atomic E-state index is 12.4. The van der Waals surface area contributed by atoms with Gasteiger partial charge in [0, 0.05) is 13.1 Å². The molecule has 1 fully saturated rings. The zero-order chi connectivity index (χ0) is 17.7. The fraction of sp³-hybridized carbons (Fsp3) is 0.312. The summed E-state index contributed by atoms with van der Waals surface area (Å²) >= 11 is 7.43. The molecule has 0 spiro atoms. The van der Waals surface area contributed by atoms with Gasteiger partial charge in [-0.25, -0.2) is 4.79 Å². The molecule has 1 aromatic carbocycles. The first-order valence-corrected chi connectivity index (χ1v) is 8.55. The molecule has 0 radical (unpaired) electrons. The highest BCUT2D eigenvalue weighted by Gasteiger charge is 2.31. The van der Waals surface area contributed by atoms with Crippen LogP contribution in [-0.2, 0) is 9.59 Å². The number of carbonyl (C=O) groups excluding carboxylic acids is 1. The third-order valence-corrected chi connectivity index (χ3v) is 4.44. The number of aliphatic imine (C=N–C) groups is 1. The van der Waals surface area contributed by atoms with Gasteiger partial charge in [-0.15, -0.1) is 0 Å². The molecule has 8 heteroatoms. The number of hydrogen-bond donors (Lipinski definition) is 1. The topological polar surface area (TPSA) is 79.2 Å². The van der Waals surface area contributed by atoms with Crippen molar-refractivity contribution in [2.75, 3.05) is 19.7 Å². The number of aliphatic carboxylic acids is 1. The summed E-state index contributed by atoms with van der Waals surface area (Å²) in [6.07, 6.45) is 1.74. The van der Waals surface area contributed by atoms with Crippen LogP contribution in [0.5, 0.6) is 5.75 Å². The number of ether oxygens (including phenoxy) is 1. The Bertz CT molecular complexity index is 718. The van der Waals surface area contributed by atoms with Gasteiger partial charge in [0.2, 0.25) is 0 Å². The van der Waals surface area contributed by atoms with E-state index in [1.807, 2.05) is 13.8 Å². The Morgan fingerprint density at radius 2 is 2.21 bits per heavy atom. The van der Waals surface area contributed by atoms with Crippen molar-refractivity contribution >= 4 is 46.5 Å². The number of carboxylic acid groups (broad SMARTS) is 1. The molecule has 128 valence electrons. The van der Waals surface area contributed by atoms with Crippen molar-refractivity contribution in [3.8, 4) is 5.75 Å². The summed E-state index contributed by atoms with van der Waals surface area (Å²) in [5.41, 5.74) is 0.729. The fourth-order valence-electron chi connectivity index (χ4n) is 2.05. The van der Waals surface area contributed by atoms with Crippen LogP contribution in [0.15, 0.2) is 28.1 Å². The van der Waals surface area contributed by atoms with Crippen molar-refractivity contribution in [3.63, 3.8) is 0 Å². The van der Waals surface area contributed by atoms with Crippen LogP contribution in [0.3, 0.4) is 0 Å². The number of rotatable bonds is 6. The molecule has 2 rings (SSSR count). The number of likely N-dealkylation sites (N-methyl/N-ethyl adjacent to an activating group) is 1. The summed E-state index contributed by atoms with van der Waals surface area (Å²) in [4.78, 5) is 29.4. The van der Waals surface area contributed by atoms with Crippen LogP contribution >= 0.6 is 23.4 Å². The van der Waals surface area contributed by atoms with Gasteiger partial charge in [-0.2, -0.15) is 0 Å². The lowest BCUT2D eigenvalue weighted by Gasteiger charge is -2.11. The molecule has 0 aromatic heterocycles. The second kappa shape index (κ2) is 8.21. The summed E-state index contributed by atoms with van der Waals surface area (Å²) in [5.74, 6) is -0.875. The SMILES string of the molecule is CCN=C1S/C(=C\c2ccc(OCC(=O)O)c(Cl)c2)C(=O)N1CC. The van der Waals surface area contributed by atoms with Gasteiger partial charge in [0.05, 0.1) is 9.93 Å². The Morgan fingerprint density at radius 1 is 1.46 bits per heavy atom. The average molecular weight is 369 g/mol. The highest BCUT2D eigenvalue weighted by molar-refractivity contribution is 8.18. The van der Waals surface area contributed by atoms with Crippen LogP contribution in [0.25, 0.3) is 6.08 Å². The van der Waals surface area contributed by atoms with Gasteiger partial charge in [-0.3, -0.25) is 14.7 Å². The quantitative estimate of drug-likeness (QED) is 0.780. The number of hydrogen-bond acceptors (Lipinski definition) is 5. The predicted molar refractivity (Wildman–Crippen MR) is 95.5 cm³/mol. The maximum atomic E-state index is 12.4. The van der Waals surface area contributed by atoms with Crippen molar-refractivity contribution in [2.45, 2.75) is 13.8 Å². The molecule has 1 aliphatic heterocycles. The molecule has 1 heterocycles. The van der Waals surface area contributed by atoms with Crippen LogP contribution in [0.1, 0.15) is 19.4 Å². The normalized spacial score (nSPS) is 17.8. The van der Waals surface area contributed by atoms with Gasteiger partial charge < -0.3 is 9.84 Å². The lowest BCUT2D eigenvalue weighted by atomic mass is 10.2. The van der Waals surface area contributed by atoms with E-state index in [1.165, 1.54) is 11.8 Å². The molecule has 24 heavy (non-hydrogen) atoms. The van der Waals surface area contributed by atoms with Crippen LogP contribution in [0, 0.1) is 0 Å². The number of halogens is 1. The molecular formula is C16H17ClN2O4S. The number of benzene rings is 1. The lowest BCUT2D eigenvalue weighted by molar-refractivity contribution is -0.139. The number of amides is 1. The Balaban J connectivity index is 2.22. The first kappa shape index (κ1) is 18.4. The zero-order valence-corrected chi connectivity index (χ0v) is 14.9. The van der Waals surface area contributed by atoms with Gasteiger partial charge in [-0.1, -0.05) is 17.7 Å².